The van der Waals surface area contributed by atoms with Gasteiger partial charge in [-0.15, -0.1) is 0 Å². The van der Waals surface area contributed by atoms with Crippen LogP contribution in [0.3, 0.4) is 0 Å². The highest BCUT2D eigenvalue weighted by Crippen LogP contribution is 1.84. The van der Waals surface area contributed by atoms with Crippen molar-refractivity contribution in [3.8, 4) is 0 Å². The summed E-state index contributed by atoms with van der Waals surface area (Å²) in [5, 5.41) is 0. The van der Waals surface area contributed by atoms with Gasteiger partial charge in [0.05, 0.1) is 0 Å². The smallest absolute Gasteiger partial charge is 0.152 e. The third kappa shape index (κ3) is 43.6. The number of allylic oxidation sites excluding steroid dienone is 2. The van der Waals surface area contributed by atoms with Crippen LogP contribution in [0.5, 0.6) is 0 Å². The normalized spacial score (nSPS) is 7.71. The second-order valence-electron chi connectivity index (χ2n) is 2.56. The molecule has 0 aromatic carbocycles. The lowest BCUT2D eigenvalue weighted by Crippen LogP contribution is -1.84. The van der Waals surface area contributed by atoms with Crippen molar-refractivity contribution >= 4 is 11.6 Å². The highest BCUT2D eigenvalue weighted by molar-refractivity contribution is 5.87. The summed E-state index contributed by atoms with van der Waals surface area (Å²) >= 11 is 0. The van der Waals surface area contributed by atoms with Crippen molar-refractivity contribution in [2.75, 3.05) is 0 Å². The number of hydrogen-bond donors (Lipinski definition) is 0. The molecule has 0 saturated carbocycles. The molecule has 0 spiro atoms. The fourth-order valence-corrected chi connectivity index (χ4v) is 0.587. The maximum Gasteiger partial charge on any atom is 0.152 e. The van der Waals surface area contributed by atoms with Crippen LogP contribution in [0.2, 0.25) is 0 Å². The van der Waals surface area contributed by atoms with E-state index in [9.17, 15) is 9.59 Å². The zero-order chi connectivity index (χ0) is 9.98. The molecule has 0 unspecified atom stereocenters. The summed E-state index contributed by atoms with van der Waals surface area (Å²) in [5.41, 5.74) is 0. The lowest BCUT2D eigenvalue weighted by Gasteiger charge is -1.80. The van der Waals surface area contributed by atoms with E-state index in [1.165, 1.54) is 13.0 Å². The fourth-order valence-electron chi connectivity index (χ4n) is 0.587. The number of ketones is 2. The summed E-state index contributed by atoms with van der Waals surface area (Å²) in [4.78, 5) is 20.0. The number of hydrogen-bond acceptors (Lipinski definition) is 2. The molecule has 0 atom stereocenters. The number of carbonyl (C=O) groups excluding carboxylic acids is 2. The molecule has 14 heavy (non-hydrogen) atoms. The number of rotatable bonds is 3. The molecule has 0 aliphatic heterocycles. The first-order valence-corrected chi connectivity index (χ1v) is 4.17. The van der Waals surface area contributed by atoms with E-state index in [2.05, 4.69) is 0 Å². The first-order chi connectivity index (χ1) is 5.54. The maximum absolute atomic E-state index is 10.0. The van der Waals surface area contributed by atoms with Crippen molar-refractivity contribution in [3.63, 3.8) is 0 Å². The van der Waals surface area contributed by atoms with E-state index in [4.69, 9.17) is 0 Å². The fraction of sp³-hybridized carbons (Fsp3) is 0.667. The summed E-state index contributed by atoms with van der Waals surface area (Å²) < 4.78 is 0. The van der Waals surface area contributed by atoms with Crippen molar-refractivity contribution in [3.05, 3.63) is 12.2 Å². The molecule has 0 aliphatic rings. The van der Waals surface area contributed by atoms with Crippen LogP contribution in [0.15, 0.2) is 12.2 Å². The Bertz CT molecular complexity index is 158. The van der Waals surface area contributed by atoms with Crippen molar-refractivity contribution in [1.82, 2.24) is 0 Å². The van der Waals surface area contributed by atoms with E-state index in [0.717, 1.165) is 12.8 Å². The molecule has 0 heterocycles. The first-order valence-electron chi connectivity index (χ1n) is 4.17. The SMILES string of the molecule is C.C.C/C=C/C(C)=O.CCCC(C)=O. The lowest BCUT2D eigenvalue weighted by molar-refractivity contribution is -0.117. The van der Waals surface area contributed by atoms with Crippen LogP contribution in [-0.4, -0.2) is 11.6 Å². The molecule has 2 nitrogen and oxygen atoms in total. The van der Waals surface area contributed by atoms with Gasteiger partial charge in [0.2, 0.25) is 0 Å². The van der Waals surface area contributed by atoms with Crippen LogP contribution in [0, 0.1) is 0 Å². The summed E-state index contributed by atoms with van der Waals surface area (Å²) in [6, 6.07) is 0. The minimum absolute atomic E-state index is 0. The van der Waals surface area contributed by atoms with Crippen LogP contribution < -0.4 is 0 Å². The molecule has 2 heteroatoms. The third-order valence-corrected chi connectivity index (χ3v) is 1.00. The van der Waals surface area contributed by atoms with Gasteiger partial charge in [-0.25, -0.2) is 0 Å². The van der Waals surface area contributed by atoms with Crippen LogP contribution in [0.1, 0.15) is 55.4 Å². The van der Waals surface area contributed by atoms with Gasteiger partial charge >= 0.3 is 0 Å². The molecule has 0 fully saturated rings. The molecule has 0 radical (unpaired) electrons. The Kier molecular flexibility index (Phi) is 29.7. The largest absolute Gasteiger partial charge is 0.300 e. The van der Waals surface area contributed by atoms with Gasteiger partial charge in [-0.05, 0) is 33.3 Å². The molecule has 0 N–H and O–H groups in total. The summed E-state index contributed by atoms with van der Waals surface area (Å²) in [6.07, 6.45) is 4.97. The first kappa shape index (κ1) is 23.2. The Morgan fingerprint density at radius 2 is 1.57 bits per heavy atom. The van der Waals surface area contributed by atoms with E-state index in [1.54, 1.807) is 13.0 Å². The van der Waals surface area contributed by atoms with Crippen LogP contribution in [0.25, 0.3) is 0 Å². The molecule has 0 saturated heterocycles. The van der Waals surface area contributed by atoms with Gasteiger partial charge < -0.3 is 4.79 Å². The predicted molar refractivity (Wildman–Crippen MR) is 64.5 cm³/mol. The lowest BCUT2D eigenvalue weighted by atomic mass is 10.3. The van der Waals surface area contributed by atoms with E-state index in [1.807, 2.05) is 13.8 Å². The third-order valence-electron chi connectivity index (χ3n) is 1.00. The van der Waals surface area contributed by atoms with Gasteiger partial charge in [-0.2, -0.15) is 0 Å². The Morgan fingerprint density at radius 1 is 1.14 bits per heavy atom. The molecule has 0 aromatic rings. The molecular formula is C12H26O2. The molecule has 0 rings (SSSR count). The van der Waals surface area contributed by atoms with Gasteiger partial charge in [-0.3, -0.25) is 4.79 Å². The predicted octanol–water partition coefficient (Wildman–Crippen LogP) is 3.80. The zero-order valence-corrected chi connectivity index (χ0v) is 8.39. The van der Waals surface area contributed by atoms with Crippen LogP contribution >= 0.6 is 0 Å². The van der Waals surface area contributed by atoms with Gasteiger partial charge in [-0.1, -0.05) is 27.9 Å². The second kappa shape index (κ2) is 18.0. The topological polar surface area (TPSA) is 34.1 Å². The summed E-state index contributed by atoms with van der Waals surface area (Å²) in [5.74, 6) is 0.398. The van der Waals surface area contributed by atoms with Crippen molar-refractivity contribution in [2.24, 2.45) is 0 Å². The van der Waals surface area contributed by atoms with Crippen molar-refractivity contribution < 1.29 is 9.59 Å². The highest BCUT2D eigenvalue weighted by atomic mass is 16.1. The van der Waals surface area contributed by atoms with E-state index in [-0.39, 0.29) is 26.4 Å². The monoisotopic (exact) mass is 202 g/mol. The minimum Gasteiger partial charge on any atom is -0.300 e. The molecule has 0 bridgehead atoms. The average molecular weight is 202 g/mol. The molecule has 0 aromatic heterocycles. The number of Topliss-reactive ketones (excluding diaryl/α,β-unsaturated/α-hetero) is 1. The Balaban J connectivity index is -0.0000000625. The van der Waals surface area contributed by atoms with Crippen LogP contribution in [0.4, 0.5) is 0 Å². The Hall–Kier alpha value is -0.920. The highest BCUT2D eigenvalue weighted by Gasteiger charge is 1.83. The van der Waals surface area contributed by atoms with Gasteiger partial charge in [0, 0.05) is 6.42 Å². The van der Waals surface area contributed by atoms with Gasteiger partial charge in [0.25, 0.3) is 0 Å². The Morgan fingerprint density at radius 3 is 1.57 bits per heavy atom. The van der Waals surface area contributed by atoms with Crippen molar-refractivity contribution in [1.29, 1.82) is 0 Å². The average Bonchev–Trinajstić information content (AvgIpc) is 1.87. The number of carbonyl (C=O) groups is 2. The van der Waals surface area contributed by atoms with E-state index >= 15 is 0 Å². The second-order valence-corrected chi connectivity index (χ2v) is 2.56. The molecule has 0 aliphatic carbocycles. The molecule has 86 valence electrons. The van der Waals surface area contributed by atoms with E-state index in [0.29, 0.717) is 0 Å². The zero-order valence-electron chi connectivity index (χ0n) is 8.39. The summed E-state index contributed by atoms with van der Waals surface area (Å²) in [6.45, 7) is 6.96. The quantitative estimate of drug-likeness (QED) is 0.652. The minimum atomic E-state index is 0. The molecule has 0 amide bonds. The van der Waals surface area contributed by atoms with Crippen molar-refractivity contribution in [2.45, 2.75) is 55.4 Å². The van der Waals surface area contributed by atoms with Crippen LogP contribution in [-0.2, 0) is 9.59 Å². The van der Waals surface area contributed by atoms with Gasteiger partial charge in [0.15, 0.2) is 5.78 Å². The van der Waals surface area contributed by atoms with E-state index < -0.39 is 0 Å². The molecular weight excluding hydrogens is 176 g/mol. The van der Waals surface area contributed by atoms with Gasteiger partial charge in [0.1, 0.15) is 5.78 Å². The standard InChI is InChI=1S/C5H10O.C5H8O.2CH4/c2*1-3-4-5(2)6;;/h3-4H2,1-2H3;3-4H,1-2H3;2*1H4/b;4-3+;;. The Labute approximate surface area is 89.4 Å². The summed E-state index contributed by atoms with van der Waals surface area (Å²) in [7, 11) is 0. The maximum atomic E-state index is 10.0.